The van der Waals surface area contributed by atoms with E-state index in [1.165, 1.54) is 6.08 Å². The highest BCUT2D eigenvalue weighted by Gasteiger charge is 2.31. The van der Waals surface area contributed by atoms with Crippen molar-refractivity contribution in [2.45, 2.75) is 11.4 Å². The Labute approximate surface area is 106 Å². The summed E-state index contributed by atoms with van der Waals surface area (Å²) in [6.07, 6.45) is 5.20. The Morgan fingerprint density at radius 2 is 2.29 bits per heavy atom. The van der Waals surface area contributed by atoms with Gasteiger partial charge in [-0.3, -0.25) is 9.89 Å². The van der Waals surface area contributed by atoms with E-state index in [1.54, 1.807) is 12.2 Å². The van der Waals surface area contributed by atoms with E-state index in [9.17, 15) is 9.59 Å². The Bertz CT molecular complexity index is 585. The minimum Gasteiger partial charge on any atom is -0.477 e. The minimum atomic E-state index is -1.22. The fourth-order valence-corrected chi connectivity index (χ4v) is 2.25. The van der Waals surface area contributed by atoms with Gasteiger partial charge in [-0.05, 0) is 12.2 Å². The van der Waals surface area contributed by atoms with Crippen molar-refractivity contribution in [1.82, 2.24) is 9.78 Å². The van der Waals surface area contributed by atoms with Crippen LogP contribution in [0.3, 0.4) is 0 Å². The summed E-state index contributed by atoms with van der Waals surface area (Å²) in [5, 5.41) is 11.6. The van der Waals surface area contributed by atoms with Crippen LogP contribution in [0, 0.1) is 0 Å². The number of hydrogen-bond donors (Lipinski definition) is 2. The lowest BCUT2D eigenvalue weighted by atomic mass is 10.1. The first-order valence-electron chi connectivity index (χ1n) is 4.72. The van der Waals surface area contributed by atoms with E-state index >= 15 is 0 Å². The first-order chi connectivity index (χ1) is 7.92. The summed E-state index contributed by atoms with van der Waals surface area (Å²) in [5.74, 6) is -1.22. The van der Waals surface area contributed by atoms with Gasteiger partial charge in [0, 0.05) is 17.5 Å². The maximum absolute atomic E-state index is 11.6. The van der Waals surface area contributed by atoms with E-state index in [0.717, 1.165) is 10.7 Å². The van der Waals surface area contributed by atoms with E-state index in [4.69, 9.17) is 28.3 Å². The van der Waals surface area contributed by atoms with Gasteiger partial charge in [-0.1, -0.05) is 29.3 Å². The van der Waals surface area contributed by atoms with Crippen LogP contribution in [-0.4, -0.2) is 20.9 Å². The van der Waals surface area contributed by atoms with Gasteiger partial charge in [0.05, 0.1) is 0 Å². The number of halogens is 2. The summed E-state index contributed by atoms with van der Waals surface area (Å²) in [6.45, 7) is 0. The van der Waals surface area contributed by atoms with Crippen LogP contribution in [0.4, 0.5) is 0 Å². The van der Waals surface area contributed by atoms with E-state index < -0.39 is 16.5 Å². The predicted octanol–water partition coefficient (Wildman–Crippen LogP) is 1.85. The van der Waals surface area contributed by atoms with Crippen LogP contribution in [0.1, 0.15) is 16.9 Å². The molecule has 1 aliphatic rings. The van der Waals surface area contributed by atoms with Crippen molar-refractivity contribution >= 4 is 29.2 Å². The zero-order valence-electron chi connectivity index (χ0n) is 8.48. The molecule has 1 heterocycles. The molecule has 0 aromatic carbocycles. The van der Waals surface area contributed by atoms with Crippen LogP contribution in [0.25, 0.3) is 0 Å². The molecule has 17 heavy (non-hydrogen) atoms. The number of aromatic nitrogens is 2. The fourth-order valence-electron chi connectivity index (χ4n) is 1.59. The molecule has 90 valence electrons. The maximum Gasteiger partial charge on any atom is 0.353 e. The molecule has 0 spiro atoms. The van der Waals surface area contributed by atoms with Crippen LogP contribution >= 0.6 is 23.2 Å². The lowest BCUT2D eigenvalue weighted by molar-refractivity contribution is 0.0689. The first kappa shape index (κ1) is 12.0. The van der Waals surface area contributed by atoms with Crippen LogP contribution in [0.15, 0.2) is 34.1 Å². The lowest BCUT2D eigenvalue weighted by Crippen LogP contribution is -2.34. The highest BCUT2D eigenvalue weighted by molar-refractivity contribution is 6.32. The number of hydrogen-bond acceptors (Lipinski definition) is 2. The van der Waals surface area contributed by atoms with Gasteiger partial charge in [0.15, 0.2) is 5.00 Å². The summed E-state index contributed by atoms with van der Waals surface area (Å²) in [6, 6.07) is 0.979. The molecule has 0 fully saturated rings. The summed E-state index contributed by atoms with van der Waals surface area (Å²) >= 11 is 12.1. The molecule has 5 nitrogen and oxygen atoms in total. The number of nitrogens with one attached hydrogen (secondary N) is 1. The standard InChI is InChI=1S/C10H8Cl2N2O3/c11-6-2-1-3-10(12,5-6)14-8(15)4-7(13-14)9(16)17/h1-2,4-5,13H,3H2,(H,16,17). The summed E-state index contributed by atoms with van der Waals surface area (Å²) in [7, 11) is 0. The third-order valence-corrected chi connectivity index (χ3v) is 3.03. The average molecular weight is 275 g/mol. The Morgan fingerprint density at radius 3 is 2.82 bits per heavy atom. The third-order valence-electron chi connectivity index (χ3n) is 2.36. The van der Waals surface area contributed by atoms with E-state index in [1.807, 2.05) is 0 Å². The van der Waals surface area contributed by atoms with Crippen molar-refractivity contribution in [2.24, 2.45) is 0 Å². The zero-order chi connectivity index (χ0) is 12.6. The molecule has 1 aromatic heterocycles. The van der Waals surface area contributed by atoms with E-state index in [0.29, 0.717) is 11.5 Å². The molecule has 2 N–H and O–H groups in total. The molecular formula is C10H8Cl2N2O3. The minimum absolute atomic E-state index is 0.214. The number of aromatic carboxylic acids is 1. The molecule has 0 saturated carbocycles. The Kier molecular flexibility index (Phi) is 2.89. The molecule has 1 aromatic rings. The number of H-pyrrole nitrogens is 1. The fraction of sp³-hybridized carbons (Fsp3) is 0.200. The molecule has 1 unspecified atom stereocenters. The lowest BCUT2D eigenvalue weighted by Gasteiger charge is -2.25. The quantitative estimate of drug-likeness (QED) is 0.809. The van der Waals surface area contributed by atoms with Crippen molar-refractivity contribution < 1.29 is 9.90 Å². The molecule has 0 saturated heterocycles. The van der Waals surface area contributed by atoms with Gasteiger partial charge in [0.25, 0.3) is 5.56 Å². The van der Waals surface area contributed by atoms with Gasteiger partial charge in [-0.25, -0.2) is 9.48 Å². The monoisotopic (exact) mass is 274 g/mol. The normalized spacial score (nSPS) is 23.5. The van der Waals surface area contributed by atoms with Crippen LogP contribution in [0.2, 0.25) is 0 Å². The van der Waals surface area contributed by atoms with Crippen molar-refractivity contribution in [3.05, 3.63) is 45.4 Å². The van der Waals surface area contributed by atoms with Gasteiger partial charge in [0.2, 0.25) is 0 Å². The highest BCUT2D eigenvalue weighted by atomic mass is 35.5. The number of alkyl halides is 1. The maximum atomic E-state index is 11.6. The smallest absolute Gasteiger partial charge is 0.353 e. The van der Waals surface area contributed by atoms with Gasteiger partial charge in [-0.15, -0.1) is 0 Å². The second-order valence-electron chi connectivity index (χ2n) is 3.60. The van der Waals surface area contributed by atoms with Crippen LogP contribution in [0.5, 0.6) is 0 Å². The first-order valence-corrected chi connectivity index (χ1v) is 5.48. The molecule has 0 radical (unpaired) electrons. The Morgan fingerprint density at radius 1 is 1.59 bits per heavy atom. The summed E-state index contributed by atoms with van der Waals surface area (Å²) < 4.78 is 1.05. The SMILES string of the molecule is O=C(O)c1cc(=O)n(C2(Cl)C=C(Cl)C=CC2)[nH]1. The van der Waals surface area contributed by atoms with Crippen LogP contribution in [-0.2, 0) is 5.00 Å². The number of aromatic amines is 1. The van der Waals surface area contributed by atoms with Gasteiger partial charge < -0.3 is 5.11 Å². The van der Waals surface area contributed by atoms with Crippen molar-refractivity contribution in [1.29, 1.82) is 0 Å². The van der Waals surface area contributed by atoms with E-state index in [-0.39, 0.29) is 5.69 Å². The third kappa shape index (κ3) is 2.16. The summed E-state index contributed by atoms with van der Waals surface area (Å²) in [4.78, 5) is 21.2. The predicted molar refractivity (Wildman–Crippen MR) is 63.5 cm³/mol. The molecule has 7 heteroatoms. The number of allylic oxidation sites excluding steroid dienone is 4. The average Bonchev–Trinajstić information content (AvgIpc) is 2.60. The van der Waals surface area contributed by atoms with Gasteiger partial charge >= 0.3 is 5.97 Å². The van der Waals surface area contributed by atoms with Crippen molar-refractivity contribution in [3.8, 4) is 0 Å². The Balaban J connectivity index is 2.51. The molecular weight excluding hydrogens is 267 g/mol. The highest BCUT2D eigenvalue weighted by Crippen LogP contribution is 2.32. The molecule has 1 aliphatic carbocycles. The van der Waals surface area contributed by atoms with E-state index in [2.05, 4.69) is 5.10 Å². The van der Waals surface area contributed by atoms with Gasteiger partial charge in [-0.2, -0.15) is 0 Å². The molecule has 0 amide bonds. The molecule has 2 rings (SSSR count). The molecule has 1 atom stereocenters. The molecule has 0 aliphatic heterocycles. The van der Waals surface area contributed by atoms with Crippen molar-refractivity contribution in [3.63, 3.8) is 0 Å². The zero-order valence-corrected chi connectivity index (χ0v) is 10.00. The second kappa shape index (κ2) is 4.09. The topological polar surface area (TPSA) is 75.1 Å². The molecule has 0 bridgehead atoms. The summed E-state index contributed by atoms with van der Waals surface area (Å²) in [5.41, 5.74) is -0.734. The largest absolute Gasteiger partial charge is 0.477 e. The van der Waals surface area contributed by atoms with Crippen molar-refractivity contribution in [2.75, 3.05) is 0 Å². The Hall–Kier alpha value is -1.46. The van der Waals surface area contributed by atoms with Gasteiger partial charge in [0.1, 0.15) is 5.69 Å². The number of rotatable bonds is 2. The second-order valence-corrected chi connectivity index (χ2v) is 4.69. The number of carboxylic acids is 1. The van der Waals surface area contributed by atoms with Crippen LogP contribution < -0.4 is 5.56 Å². The number of nitrogens with zero attached hydrogens (tertiary/aromatic N) is 1. The number of carboxylic acid groups (broad SMARTS) is 1. The number of carbonyl (C=O) groups is 1.